The van der Waals surface area contributed by atoms with Crippen molar-refractivity contribution in [3.05, 3.63) is 29.3 Å². The quantitative estimate of drug-likeness (QED) is 0.817. The average molecular weight is 248 g/mol. The highest BCUT2D eigenvalue weighted by molar-refractivity contribution is 5.88. The first-order valence-electron chi connectivity index (χ1n) is 4.80. The van der Waals surface area contributed by atoms with Crippen molar-refractivity contribution >= 4 is 11.7 Å². The molecule has 0 saturated carbocycles. The molecule has 6 heteroatoms. The van der Waals surface area contributed by atoms with Gasteiger partial charge in [-0.1, -0.05) is 0 Å². The number of carboxylic acid groups (broad SMARTS) is 1. The fourth-order valence-electron chi connectivity index (χ4n) is 1.48. The summed E-state index contributed by atoms with van der Waals surface area (Å²) in [6.07, 6.45) is -4.56. The minimum atomic E-state index is -4.56. The summed E-state index contributed by atoms with van der Waals surface area (Å²) in [4.78, 5) is 10.7. The zero-order valence-corrected chi connectivity index (χ0v) is 9.67. The fraction of sp³-hybridized carbons (Fsp3) is 0.364. The Morgan fingerprint density at radius 3 is 2.12 bits per heavy atom. The molecule has 0 atom stereocenters. The zero-order valence-electron chi connectivity index (χ0n) is 9.67. The molecule has 0 heterocycles. The summed E-state index contributed by atoms with van der Waals surface area (Å²) < 4.78 is 38.4. The molecule has 0 bridgehead atoms. The third-order valence-electron chi connectivity index (χ3n) is 2.27. The van der Waals surface area contributed by atoms with E-state index in [1.807, 2.05) is 0 Å². The number of carbonyl (C=O) groups is 1. The molecule has 0 aliphatic heterocycles. The van der Waals surface area contributed by atoms with Crippen molar-refractivity contribution in [1.82, 2.24) is 4.48 Å². The van der Waals surface area contributed by atoms with E-state index >= 15 is 0 Å². The molecule has 0 radical (unpaired) electrons. The largest absolute Gasteiger partial charge is 0.478 e. The van der Waals surface area contributed by atoms with Gasteiger partial charge in [0.25, 0.3) is 0 Å². The first-order valence-corrected chi connectivity index (χ1v) is 4.80. The van der Waals surface area contributed by atoms with Crippen LogP contribution in [0.1, 0.15) is 15.9 Å². The summed E-state index contributed by atoms with van der Waals surface area (Å²) >= 11 is 0. The van der Waals surface area contributed by atoms with Crippen LogP contribution in [0.3, 0.4) is 0 Å². The van der Waals surface area contributed by atoms with Crippen LogP contribution in [-0.4, -0.2) is 32.2 Å². The monoisotopic (exact) mass is 248 g/mol. The van der Waals surface area contributed by atoms with Gasteiger partial charge in [-0.2, -0.15) is 13.2 Å². The topological polar surface area (TPSA) is 37.3 Å². The Labute approximate surface area is 96.7 Å². The molecule has 0 amide bonds. The molecular weight excluding hydrogens is 235 g/mol. The molecule has 0 unspecified atom stereocenters. The minimum Gasteiger partial charge on any atom is -0.478 e. The second-order valence-corrected chi connectivity index (χ2v) is 4.55. The van der Waals surface area contributed by atoms with Crippen LogP contribution in [0, 0.1) is 0 Å². The summed E-state index contributed by atoms with van der Waals surface area (Å²) in [7, 11) is 4.76. The molecule has 17 heavy (non-hydrogen) atoms. The van der Waals surface area contributed by atoms with Crippen LogP contribution in [0.5, 0.6) is 0 Å². The number of carboxylic acids is 1. The third-order valence-corrected chi connectivity index (χ3v) is 2.27. The lowest BCUT2D eigenvalue weighted by atomic mass is 10.1. The normalized spacial score (nSPS) is 12.6. The van der Waals surface area contributed by atoms with Gasteiger partial charge in [0.1, 0.15) is 11.3 Å². The van der Waals surface area contributed by atoms with Crippen LogP contribution in [0.15, 0.2) is 18.2 Å². The molecule has 1 aromatic rings. The van der Waals surface area contributed by atoms with Gasteiger partial charge in [-0.25, -0.2) is 4.79 Å². The van der Waals surface area contributed by atoms with Crippen molar-refractivity contribution in [3.8, 4) is 0 Å². The smallest absolute Gasteiger partial charge is 0.422 e. The zero-order chi connectivity index (χ0) is 13.4. The number of nitrogens with zero attached hydrogens (tertiary/aromatic N) is 1. The number of benzene rings is 1. The van der Waals surface area contributed by atoms with Gasteiger partial charge >= 0.3 is 12.1 Å². The summed E-state index contributed by atoms with van der Waals surface area (Å²) in [6.45, 7) is 0. The van der Waals surface area contributed by atoms with Gasteiger partial charge in [0.15, 0.2) is 0 Å². The Hall–Kier alpha value is -1.56. The second-order valence-electron chi connectivity index (χ2n) is 4.55. The lowest BCUT2D eigenvalue weighted by Gasteiger charge is -2.26. The van der Waals surface area contributed by atoms with Gasteiger partial charge in [0.2, 0.25) is 0 Å². The molecule has 1 aromatic carbocycles. The van der Waals surface area contributed by atoms with Gasteiger partial charge in [0.05, 0.1) is 26.7 Å². The molecule has 0 fully saturated rings. The van der Waals surface area contributed by atoms with Crippen LogP contribution >= 0.6 is 0 Å². The van der Waals surface area contributed by atoms with Crippen LogP contribution in [-0.2, 0) is 6.18 Å². The van der Waals surface area contributed by atoms with E-state index in [1.165, 1.54) is 12.1 Å². The van der Waals surface area contributed by atoms with Crippen molar-refractivity contribution in [3.63, 3.8) is 0 Å². The van der Waals surface area contributed by atoms with E-state index in [2.05, 4.69) is 0 Å². The van der Waals surface area contributed by atoms with Gasteiger partial charge in [-0.3, -0.25) is 4.48 Å². The lowest BCUT2D eigenvalue weighted by molar-refractivity contribution is -0.137. The molecule has 0 aromatic heterocycles. The highest BCUT2D eigenvalue weighted by Crippen LogP contribution is 2.38. The third kappa shape index (κ3) is 2.97. The van der Waals surface area contributed by atoms with Gasteiger partial charge < -0.3 is 5.11 Å². The summed E-state index contributed by atoms with van der Waals surface area (Å²) in [5.74, 6) is -1.37. The molecule has 3 nitrogen and oxygen atoms in total. The van der Waals surface area contributed by atoms with E-state index in [0.717, 1.165) is 0 Å². The Bertz CT molecular complexity index is 447. The summed E-state index contributed by atoms with van der Waals surface area (Å²) in [6, 6.07) is 3.05. The molecule has 0 spiro atoms. The minimum absolute atomic E-state index is 0.0301. The van der Waals surface area contributed by atoms with Crippen molar-refractivity contribution in [2.75, 3.05) is 21.1 Å². The Morgan fingerprint density at radius 1 is 1.24 bits per heavy atom. The molecular formula is C11H13F3NO2+. The SMILES string of the molecule is C[N+](C)(C)c1ccc(C(=O)O)cc1C(F)(F)F. The molecule has 94 valence electrons. The predicted octanol–water partition coefficient (Wildman–Crippen LogP) is 2.60. The second kappa shape index (κ2) is 4.03. The standard InChI is InChI=1S/C11H12F3NO2/c1-15(2,3)9-5-4-7(10(16)17)6-8(9)11(12,13)14/h4-6H,1-3H3/p+1. The van der Waals surface area contributed by atoms with Crippen LogP contribution in [0.4, 0.5) is 18.9 Å². The van der Waals surface area contributed by atoms with E-state index in [4.69, 9.17) is 5.11 Å². The van der Waals surface area contributed by atoms with Crippen LogP contribution in [0.25, 0.3) is 0 Å². The summed E-state index contributed by atoms with van der Waals surface area (Å²) in [5.41, 5.74) is -1.25. The first-order chi connectivity index (χ1) is 7.53. The van der Waals surface area contributed by atoms with E-state index in [1.54, 1.807) is 21.1 Å². The number of rotatable bonds is 2. The number of halogens is 3. The van der Waals surface area contributed by atoms with E-state index in [9.17, 15) is 18.0 Å². The Balaban J connectivity index is 3.49. The van der Waals surface area contributed by atoms with Crippen molar-refractivity contribution in [2.24, 2.45) is 0 Å². The molecule has 0 aliphatic rings. The number of aromatic carboxylic acids is 1. The van der Waals surface area contributed by atoms with Crippen molar-refractivity contribution in [1.29, 1.82) is 0 Å². The van der Waals surface area contributed by atoms with Gasteiger partial charge in [0, 0.05) is 6.07 Å². The number of hydrogen-bond donors (Lipinski definition) is 1. The predicted molar refractivity (Wildman–Crippen MR) is 58.0 cm³/mol. The van der Waals surface area contributed by atoms with Gasteiger partial charge in [-0.05, 0) is 12.1 Å². The number of hydrogen-bond acceptors (Lipinski definition) is 1. The van der Waals surface area contributed by atoms with Gasteiger partial charge in [-0.15, -0.1) is 0 Å². The molecule has 1 N–H and O–H groups in total. The first kappa shape index (κ1) is 13.5. The highest BCUT2D eigenvalue weighted by Gasteiger charge is 2.38. The average Bonchev–Trinajstić information content (AvgIpc) is 2.14. The number of quaternary nitrogens is 1. The Morgan fingerprint density at radius 2 is 1.76 bits per heavy atom. The van der Waals surface area contributed by atoms with Crippen LogP contribution in [0.2, 0.25) is 0 Å². The maximum Gasteiger partial charge on any atom is 0.422 e. The maximum absolute atomic E-state index is 12.8. The van der Waals surface area contributed by atoms with Crippen molar-refractivity contribution in [2.45, 2.75) is 6.18 Å². The van der Waals surface area contributed by atoms with E-state index in [0.29, 0.717) is 6.07 Å². The highest BCUT2D eigenvalue weighted by atomic mass is 19.4. The summed E-state index contributed by atoms with van der Waals surface area (Å²) in [5, 5.41) is 8.70. The fourth-order valence-corrected chi connectivity index (χ4v) is 1.48. The maximum atomic E-state index is 12.8. The molecule has 0 saturated heterocycles. The molecule has 0 aliphatic carbocycles. The number of alkyl halides is 3. The van der Waals surface area contributed by atoms with E-state index in [-0.39, 0.29) is 15.7 Å². The Kier molecular flexibility index (Phi) is 3.20. The van der Waals surface area contributed by atoms with Crippen LogP contribution < -0.4 is 4.48 Å². The lowest BCUT2D eigenvalue weighted by Crippen LogP contribution is -2.37. The van der Waals surface area contributed by atoms with Crippen molar-refractivity contribution < 1.29 is 23.1 Å². The molecule has 1 rings (SSSR count). The van der Waals surface area contributed by atoms with E-state index < -0.39 is 17.7 Å².